The predicted octanol–water partition coefficient (Wildman–Crippen LogP) is 5.23. The van der Waals surface area contributed by atoms with Crippen LogP contribution in [0.25, 0.3) is 11.0 Å². The van der Waals surface area contributed by atoms with Crippen molar-refractivity contribution in [2.75, 3.05) is 16.6 Å². The Morgan fingerprint density at radius 3 is 2.23 bits per heavy atom. The van der Waals surface area contributed by atoms with E-state index in [4.69, 9.17) is 16.3 Å². The Bertz CT molecular complexity index is 1330. The highest BCUT2D eigenvalue weighted by atomic mass is 35.5. The smallest absolute Gasteiger partial charge is 0.263 e. The van der Waals surface area contributed by atoms with Gasteiger partial charge in [-0.1, -0.05) is 29.8 Å². The van der Waals surface area contributed by atoms with E-state index in [-0.39, 0.29) is 16.5 Å². The normalized spacial score (nSPS) is 11.3. The minimum absolute atomic E-state index is 0.0764. The van der Waals surface area contributed by atoms with E-state index in [1.54, 1.807) is 48.5 Å². The second kappa shape index (κ2) is 8.79. The molecular formula is C22H19ClN4O3S. The fourth-order valence-corrected chi connectivity index (χ4v) is 4.13. The minimum Gasteiger partial charge on any atom is -0.494 e. The molecule has 0 radical (unpaired) electrons. The summed E-state index contributed by atoms with van der Waals surface area (Å²) < 4.78 is 33.9. The van der Waals surface area contributed by atoms with Crippen LogP contribution in [0.5, 0.6) is 5.75 Å². The quantitative estimate of drug-likeness (QED) is 0.397. The highest BCUT2D eigenvalue weighted by molar-refractivity contribution is 7.92. The average Bonchev–Trinajstić information content (AvgIpc) is 2.75. The molecule has 0 aliphatic rings. The Morgan fingerprint density at radius 1 is 0.903 bits per heavy atom. The van der Waals surface area contributed by atoms with E-state index in [1.807, 2.05) is 19.1 Å². The Labute approximate surface area is 185 Å². The first-order valence-electron chi connectivity index (χ1n) is 9.49. The van der Waals surface area contributed by atoms with Crippen molar-refractivity contribution in [2.24, 2.45) is 0 Å². The standard InChI is InChI=1S/C22H19ClN4O3S/c1-2-30-17-10-12-18(13-11-17)31(28,29)27-22-21(24-16-7-5-6-15(23)14-16)25-19-8-3-4-9-20(19)26-22/h3-14H,2H2,1H3,(H,24,25)(H,26,27). The fourth-order valence-electron chi connectivity index (χ4n) is 2.93. The number of nitrogens with one attached hydrogen (secondary N) is 2. The lowest BCUT2D eigenvalue weighted by atomic mass is 10.3. The van der Waals surface area contributed by atoms with Crippen LogP contribution < -0.4 is 14.8 Å². The van der Waals surface area contributed by atoms with Crippen molar-refractivity contribution in [3.8, 4) is 5.75 Å². The van der Waals surface area contributed by atoms with E-state index < -0.39 is 10.0 Å². The number of fused-ring (bicyclic) bond motifs is 1. The third-order valence-corrected chi connectivity index (χ3v) is 5.92. The number of aromatic nitrogens is 2. The molecule has 1 heterocycles. The molecule has 0 unspecified atom stereocenters. The Balaban J connectivity index is 1.72. The van der Waals surface area contributed by atoms with Gasteiger partial charge in [-0.05, 0) is 61.5 Å². The van der Waals surface area contributed by atoms with E-state index in [0.717, 1.165) is 0 Å². The highest BCUT2D eigenvalue weighted by Crippen LogP contribution is 2.28. The fraction of sp³-hybridized carbons (Fsp3) is 0.0909. The van der Waals surface area contributed by atoms with E-state index in [0.29, 0.717) is 34.1 Å². The number of nitrogens with zero attached hydrogens (tertiary/aromatic N) is 2. The minimum atomic E-state index is -3.91. The molecule has 0 amide bonds. The Kier molecular flexibility index (Phi) is 5.92. The van der Waals surface area contributed by atoms with Crippen LogP contribution in [0.2, 0.25) is 5.02 Å². The van der Waals surface area contributed by atoms with Crippen LogP contribution in [0.15, 0.2) is 77.7 Å². The highest BCUT2D eigenvalue weighted by Gasteiger charge is 2.19. The molecule has 4 aromatic rings. The molecule has 31 heavy (non-hydrogen) atoms. The van der Waals surface area contributed by atoms with Crippen molar-refractivity contribution in [3.05, 3.63) is 77.8 Å². The summed E-state index contributed by atoms with van der Waals surface area (Å²) in [6, 6.07) is 20.4. The van der Waals surface area contributed by atoms with Crippen LogP contribution in [-0.2, 0) is 10.0 Å². The molecule has 0 saturated heterocycles. The number of ether oxygens (including phenoxy) is 1. The maximum Gasteiger partial charge on any atom is 0.263 e. The molecule has 4 rings (SSSR count). The summed E-state index contributed by atoms with van der Waals surface area (Å²) in [4.78, 5) is 9.11. The second-order valence-electron chi connectivity index (χ2n) is 6.55. The zero-order valence-corrected chi connectivity index (χ0v) is 18.1. The van der Waals surface area contributed by atoms with Gasteiger partial charge in [0, 0.05) is 10.7 Å². The molecule has 9 heteroatoms. The van der Waals surface area contributed by atoms with Crippen LogP contribution in [0.4, 0.5) is 17.3 Å². The summed E-state index contributed by atoms with van der Waals surface area (Å²) in [5.41, 5.74) is 1.83. The summed E-state index contributed by atoms with van der Waals surface area (Å²) in [6.07, 6.45) is 0. The molecule has 7 nitrogen and oxygen atoms in total. The van der Waals surface area contributed by atoms with Gasteiger partial charge in [-0.2, -0.15) is 0 Å². The van der Waals surface area contributed by atoms with Gasteiger partial charge in [0.1, 0.15) is 5.75 Å². The maximum atomic E-state index is 13.0. The number of sulfonamides is 1. The first kappa shape index (κ1) is 20.9. The van der Waals surface area contributed by atoms with E-state index in [2.05, 4.69) is 20.0 Å². The molecule has 0 aliphatic heterocycles. The number of halogens is 1. The van der Waals surface area contributed by atoms with Gasteiger partial charge in [-0.3, -0.25) is 4.72 Å². The van der Waals surface area contributed by atoms with Gasteiger partial charge in [0.15, 0.2) is 11.6 Å². The first-order valence-corrected chi connectivity index (χ1v) is 11.4. The van der Waals surface area contributed by atoms with Gasteiger partial charge in [0.05, 0.1) is 22.5 Å². The van der Waals surface area contributed by atoms with Crippen LogP contribution in [0.1, 0.15) is 6.92 Å². The molecule has 0 saturated carbocycles. The van der Waals surface area contributed by atoms with Gasteiger partial charge >= 0.3 is 0 Å². The van der Waals surface area contributed by atoms with Crippen LogP contribution in [0.3, 0.4) is 0 Å². The van der Waals surface area contributed by atoms with Crippen molar-refractivity contribution >= 4 is 50.0 Å². The monoisotopic (exact) mass is 454 g/mol. The molecule has 0 atom stereocenters. The molecule has 1 aromatic heterocycles. The number of benzene rings is 3. The summed E-state index contributed by atoms with van der Waals surface area (Å²) in [7, 11) is -3.91. The summed E-state index contributed by atoms with van der Waals surface area (Å²) >= 11 is 6.07. The van der Waals surface area contributed by atoms with Crippen molar-refractivity contribution < 1.29 is 13.2 Å². The van der Waals surface area contributed by atoms with Crippen LogP contribution in [-0.4, -0.2) is 25.0 Å². The molecular weight excluding hydrogens is 436 g/mol. The lowest BCUT2D eigenvalue weighted by Gasteiger charge is -2.14. The zero-order valence-electron chi connectivity index (χ0n) is 16.5. The Hall–Kier alpha value is -3.36. The van der Waals surface area contributed by atoms with Crippen LogP contribution >= 0.6 is 11.6 Å². The van der Waals surface area contributed by atoms with Crippen molar-refractivity contribution in [2.45, 2.75) is 11.8 Å². The molecule has 0 aliphatic carbocycles. The van der Waals surface area contributed by atoms with Crippen molar-refractivity contribution in [1.82, 2.24) is 9.97 Å². The summed E-state index contributed by atoms with van der Waals surface area (Å²) in [6.45, 7) is 2.36. The number of hydrogen-bond donors (Lipinski definition) is 2. The average molecular weight is 455 g/mol. The third-order valence-electron chi connectivity index (χ3n) is 4.33. The zero-order chi connectivity index (χ0) is 21.8. The van der Waals surface area contributed by atoms with Gasteiger partial charge < -0.3 is 10.1 Å². The number of anilines is 3. The van der Waals surface area contributed by atoms with Crippen LogP contribution in [0, 0.1) is 0 Å². The third kappa shape index (κ3) is 4.87. The summed E-state index contributed by atoms with van der Waals surface area (Å²) in [5.74, 6) is 0.929. The van der Waals surface area contributed by atoms with Gasteiger partial charge in [0.2, 0.25) is 0 Å². The van der Waals surface area contributed by atoms with E-state index >= 15 is 0 Å². The molecule has 158 valence electrons. The molecule has 2 N–H and O–H groups in total. The largest absolute Gasteiger partial charge is 0.494 e. The number of hydrogen-bond acceptors (Lipinski definition) is 6. The van der Waals surface area contributed by atoms with E-state index in [9.17, 15) is 8.42 Å². The number of para-hydroxylation sites is 2. The van der Waals surface area contributed by atoms with Crippen molar-refractivity contribution in [1.29, 1.82) is 0 Å². The topological polar surface area (TPSA) is 93.2 Å². The predicted molar refractivity (Wildman–Crippen MR) is 123 cm³/mol. The SMILES string of the molecule is CCOc1ccc(S(=O)(=O)Nc2nc3ccccc3nc2Nc2cccc(Cl)c2)cc1. The van der Waals surface area contributed by atoms with Crippen molar-refractivity contribution in [3.63, 3.8) is 0 Å². The Morgan fingerprint density at radius 2 is 1.58 bits per heavy atom. The molecule has 3 aromatic carbocycles. The maximum absolute atomic E-state index is 13.0. The molecule has 0 spiro atoms. The van der Waals surface area contributed by atoms with Gasteiger partial charge in [0.25, 0.3) is 10.0 Å². The molecule has 0 fully saturated rings. The van der Waals surface area contributed by atoms with Gasteiger partial charge in [-0.15, -0.1) is 0 Å². The second-order valence-corrected chi connectivity index (χ2v) is 8.67. The molecule has 0 bridgehead atoms. The lowest BCUT2D eigenvalue weighted by molar-refractivity contribution is 0.340. The first-order chi connectivity index (χ1) is 14.9. The van der Waals surface area contributed by atoms with Gasteiger partial charge in [-0.25, -0.2) is 18.4 Å². The number of rotatable bonds is 7. The summed E-state index contributed by atoms with van der Waals surface area (Å²) in [5, 5.41) is 3.64. The lowest BCUT2D eigenvalue weighted by Crippen LogP contribution is -2.16. The van der Waals surface area contributed by atoms with E-state index in [1.165, 1.54) is 12.1 Å².